The molecule has 8 nitrogen and oxygen atoms in total. The zero-order valence-corrected chi connectivity index (χ0v) is 20.3. The van der Waals surface area contributed by atoms with Crippen LogP contribution < -0.4 is 15.5 Å². The lowest BCUT2D eigenvalue weighted by Gasteiger charge is -2.35. The maximum Gasteiger partial charge on any atom is 0.269 e. The van der Waals surface area contributed by atoms with Gasteiger partial charge in [0.1, 0.15) is 11.4 Å². The molecule has 2 aliphatic heterocycles. The molecule has 8 heteroatoms. The van der Waals surface area contributed by atoms with Crippen LogP contribution in [0.2, 0.25) is 0 Å². The third kappa shape index (κ3) is 5.73. The van der Waals surface area contributed by atoms with Crippen LogP contribution in [0.25, 0.3) is 16.9 Å². The molecule has 1 aromatic heterocycles. The molecular formula is C27H34N6O2. The number of nitrogens with zero attached hydrogens (tertiary/aromatic N) is 4. The topological polar surface area (TPSA) is 74.7 Å². The molecule has 1 amide bonds. The number of amides is 1. The summed E-state index contributed by atoms with van der Waals surface area (Å²) >= 11 is 0. The number of rotatable bonds is 8. The number of nitrogens with one attached hydrogen (secondary N) is 2. The number of carbonyl (C=O) groups is 1. The minimum atomic E-state index is -0.132. The molecule has 184 valence electrons. The lowest BCUT2D eigenvalue weighted by atomic mass is 10.1. The maximum absolute atomic E-state index is 13.4. The highest BCUT2D eigenvalue weighted by Crippen LogP contribution is 2.24. The molecule has 3 heterocycles. The summed E-state index contributed by atoms with van der Waals surface area (Å²) in [5.74, 6) is 0.646. The molecule has 0 bridgehead atoms. The molecule has 5 rings (SSSR count). The predicted octanol–water partition coefficient (Wildman–Crippen LogP) is 2.95. The minimum Gasteiger partial charge on any atom is -0.497 e. The Labute approximate surface area is 206 Å². The molecule has 2 aromatic carbocycles. The van der Waals surface area contributed by atoms with E-state index in [0.29, 0.717) is 17.3 Å². The van der Waals surface area contributed by atoms with E-state index in [1.54, 1.807) is 11.8 Å². The third-order valence-corrected chi connectivity index (χ3v) is 6.93. The van der Waals surface area contributed by atoms with Crippen LogP contribution in [0, 0.1) is 0 Å². The summed E-state index contributed by atoms with van der Waals surface area (Å²) in [5.41, 5.74) is 6.13. The Morgan fingerprint density at radius 2 is 1.86 bits per heavy atom. The average molecular weight is 475 g/mol. The van der Waals surface area contributed by atoms with E-state index in [2.05, 4.69) is 15.6 Å². The molecule has 0 radical (unpaired) electrons. The monoisotopic (exact) mass is 474 g/mol. The first-order valence-electron chi connectivity index (χ1n) is 12.5. The molecule has 2 N–H and O–H groups in total. The number of ether oxygens (including phenoxy) is 1. The molecule has 1 unspecified atom stereocenters. The second-order valence-corrected chi connectivity index (χ2v) is 9.25. The summed E-state index contributed by atoms with van der Waals surface area (Å²) < 4.78 is 7.02. The summed E-state index contributed by atoms with van der Waals surface area (Å²) in [5, 5.41) is 10.4. The van der Waals surface area contributed by atoms with Crippen LogP contribution in [0.15, 0.2) is 60.8 Å². The molecule has 3 aromatic rings. The SMILES string of the molecule is COc1ccc(-n2cc(C(=O)NN3CCN(CCC4CCCN4)CC3)c(-c3ccccc3)n2)cc1. The average Bonchev–Trinajstić information content (AvgIpc) is 3.59. The molecule has 35 heavy (non-hydrogen) atoms. The number of hydrogen-bond donors (Lipinski definition) is 2. The largest absolute Gasteiger partial charge is 0.497 e. The van der Waals surface area contributed by atoms with Gasteiger partial charge in [-0.15, -0.1) is 0 Å². The van der Waals surface area contributed by atoms with Gasteiger partial charge in [0.05, 0.1) is 18.4 Å². The Bertz CT molecular complexity index is 1100. The van der Waals surface area contributed by atoms with Crippen molar-refractivity contribution in [3.05, 3.63) is 66.4 Å². The number of aromatic nitrogens is 2. The van der Waals surface area contributed by atoms with Crippen LogP contribution in [0.1, 0.15) is 29.6 Å². The van der Waals surface area contributed by atoms with Crippen molar-refractivity contribution in [2.75, 3.05) is 46.4 Å². The van der Waals surface area contributed by atoms with Gasteiger partial charge in [0, 0.05) is 44.0 Å². The summed E-state index contributed by atoms with van der Waals surface area (Å²) in [6.07, 6.45) is 5.61. The Balaban J connectivity index is 1.26. The fourth-order valence-corrected chi connectivity index (χ4v) is 4.85. The fraction of sp³-hybridized carbons (Fsp3) is 0.407. The first-order valence-corrected chi connectivity index (χ1v) is 12.5. The number of hydrogen-bond acceptors (Lipinski definition) is 6. The molecule has 0 spiro atoms. The zero-order valence-electron chi connectivity index (χ0n) is 20.3. The number of piperazine rings is 1. The van der Waals surface area contributed by atoms with Crippen LogP contribution in [0.5, 0.6) is 5.75 Å². The number of hydrazine groups is 1. The summed E-state index contributed by atoms with van der Waals surface area (Å²) in [7, 11) is 1.64. The highest BCUT2D eigenvalue weighted by Gasteiger charge is 2.24. The summed E-state index contributed by atoms with van der Waals surface area (Å²) in [4.78, 5) is 15.9. The van der Waals surface area contributed by atoms with Gasteiger partial charge in [0.25, 0.3) is 5.91 Å². The van der Waals surface area contributed by atoms with E-state index in [0.717, 1.165) is 56.3 Å². The van der Waals surface area contributed by atoms with Crippen LogP contribution in [0.3, 0.4) is 0 Å². The number of benzene rings is 2. The normalized spacial score (nSPS) is 19.1. The van der Waals surface area contributed by atoms with Crippen molar-refractivity contribution in [2.45, 2.75) is 25.3 Å². The van der Waals surface area contributed by atoms with Crippen LogP contribution in [0.4, 0.5) is 0 Å². The van der Waals surface area contributed by atoms with Gasteiger partial charge < -0.3 is 15.0 Å². The van der Waals surface area contributed by atoms with E-state index >= 15 is 0 Å². The van der Waals surface area contributed by atoms with Gasteiger partial charge in [-0.25, -0.2) is 9.69 Å². The van der Waals surface area contributed by atoms with Gasteiger partial charge in [-0.1, -0.05) is 30.3 Å². The molecule has 1 atom stereocenters. The van der Waals surface area contributed by atoms with Crippen LogP contribution >= 0.6 is 0 Å². The Hall–Kier alpha value is -3.20. The van der Waals surface area contributed by atoms with Crippen LogP contribution in [-0.2, 0) is 0 Å². The predicted molar refractivity (Wildman–Crippen MR) is 137 cm³/mol. The van der Waals surface area contributed by atoms with E-state index in [1.807, 2.05) is 65.8 Å². The molecular weight excluding hydrogens is 440 g/mol. The third-order valence-electron chi connectivity index (χ3n) is 6.93. The second-order valence-electron chi connectivity index (χ2n) is 9.25. The lowest BCUT2D eigenvalue weighted by Crippen LogP contribution is -2.53. The van der Waals surface area contributed by atoms with E-state index in [9.17, 15) is 4.79 Å². The zero-order chi connectivity index (χ0) is 24.0. The minimum absolute atomic E-state index is 0.132. The second kappa shape index (κ2) is 11.0. The van der Waals surface area contributed by atoms with Gasteiger partial charge in [-0.3, -0.25) is 10.2 Å². The van der Waals surface area contributed by atoms with Crippen molar-refractivity contribution in [1.82, 2.24) is 30.4 Å². The molecule has 2 aliphatic rings. The van der Waals surface area contributed by atoms with Crippen molar-refractivity contribution in [2.24, 2.45) is 0 Å². The van der Waals surface area contributed by atoms with Crippen molar-refractivity contribution >= 4 is 5.91 Å². The quantitative estimate of drug-likeness (QED) is 0.523. The van der Waals surface area contributed by atoms with Crippen molar-refractivity contribution in [3.8, 4) is 22.7 Å². The van der Waals surface area contributed by atoms with E-state index in [-0.39, 0.29) is 5.91 Å². The highest BCUT2D eigenvalue weighted by molar-refractivity contribution is 5.99. The van der Waals surface area contributed by atoms with Gasteiger partial charge in [-0.05, 0) is 56.6 Å². The summed E-state index contributed by atoms with van der Waals surface area (Å²) in [6, 6.07) is 18.2. The van der Waals surface area contributed by atoms with E-state index < -0.39 is 0 Å². The molecule has 0 aliphatic carbocycles. The molecule has 2 saturated heterocycles. The van der Waals surface area contributed by atoms with Crippen molar-refractivity contribution in [3.63, 3.8) is 0 Å². The lowest BCUT2D eigenvalue weighted by molar-refractivity contribution is 0.0614. The maximum atomic E-state index is 13.4. The fourth-order valence-electron chi connectivity index (χ4n) is 4.85. The van der Waals surface area contributed by atoms with Gasteiger partial charge >= 0.3 is 0 Å². The van der Waals surface area contributed by atoms with Gasteiger partial charge in [0.15, 0.2) is 0 Å². The standard InChI is InChI=1S/C27H34N6O2/c1-35-24-11-9-23(10-12-24)33-20-25(26(29-33)21-6-3-2-4-7-21)27(34)30-32-18-16-31(17-19-32)15-13-22-8-5-14-28-22/h2-4,6-7,9-12,20,22,28H,5,8,13-19H2,1H3,(H,30,34). The van der Waals surface area contributed by atoms with Gasteiger partial charge in [0.2, 0.25) is 0 Å². The summed E-state index contributed by atoms with van der Waals surface area (Å²) in [6.45, 7) is 5.83. The number of carbonyl (C=O) groups excluding carboxylic acids is 1. The van der Waals surface area contributed by atoms with Crippen molar-refractivity contribution in [1.29, 1.82) is 0 Å². The van der Waals surface area contributed by atoms with E-state index in [1.165, 1.54) is 19.3 Å². The van der Waals surface area contributed by atoms with E-state index in [4.69, 9.17) is 9.84 Å². The Kier molecular flexibility index (Phi) is 7.42. The Morgan fingerprint density at radius 3 is 2.54 bits per heavy atom. The first kappa shape index (κ1) is 23.5. The smallest absolute Gasteiger partial charge is 0.269 e. The number of methoxy groups -OCH3 is 1. The van der Waals surface area contributed by atoms with Gasteiger partial charge in [-0.2, -0.15) is 5.10 Å². The Morgan fingerprint density at radius 1 is 1.09 bits per heavy atom. The molecule has 0 saturated carbocycles. The highest BCUT2D eigenvalue weighted by atomic mass is 16.5. The van der Waals surface area contributed by atoms with Crippen LogP contribution in [-0.4, -0.2) is 78.0 Å². The molecule has 2 fully saturated rings. The van der Waals surface area contributed by atoms with Crippen molar-refractivity contribution < 1.29 is 9.53 Å². The first-order chi connectivity index (χ1) is 17.2.